The molecule has 0 bridgehead atoms. The Hall–Kier alpha value is -4.52. The normalized spacial score (nSPS) is 11.9. The highest BCUT2D eigenvalue weighted by atomic mass is 16.2. The fraction of sp³-hybridized carbons (Fsp3) is 0.0769. The van der Waals surface area contributed by atoms with Gasteiger partial charge in [0.2, 0.25) is 5.95 Å². The van der Waals surface area contributed by atoms with E-state index in [9.17, 15) is 9.59 Å². The Morgan fingerprint density at radius 1 is 0.879 bits per heavy atom. The number of anilines is 1. The monoisotopic (exact) mass is 435 g/mol. The van der Waals surface area contributed by atoms with E-state index in [0.29, 0.717) is 16.6 Å². The van der Waals surface area contributed by atoms with Crippen molar-refractivity contribution in [2.45, 2.75) is 13.0 Å². The third-order valence-electron chi connectivity index (χ3n) is 5.50. The van der Waals surface area contributed by atoms with Gasteiger partial charge in [0.15, 0.2) is 0 Å². The Morgan fingerprint density at radius 2 is 1.64 bits per heavy atom. The fourth-order valence-electron chi connectivity index (χ4n) is 3.75. The second kappa shape index (κ2) is 8.55. The summed E-state index contributed by atoms with van der Waals surface area (Å²) in [6.45, 7) is 1.93. The van der Waals surface area contributed by atoms with Gasteiger partial charge >= 0.3 is 0 Å². The molecule has 2 amide bonds. The molecule has 0 aliphatic heterocycles. The minimum Gasteiger partial charge on any atom is -0.345 e. The van der Waals surface area contributed by atoms with Crippen molar-refractivity contribution in [1.29, 1.82) is 0 Å². The van der Waals surface area contributed by atoms with Gasteiger partial charge in [-0.05, 0) is 36.1 Å². The average molecular weight is 435 g/mol. The van der Waals surface area contributed by atoms with Gasteiger partial charge in [-0.15, -0.1) is 0 Å². The number of H-pyrrole nitrogens is 1. The van der Waals surface area contributed by atoms with Crippen LogP contribution in [-0.4, -0.2) is 26.8 Å². The van der Waals surface area contributed by atoms with Crippen LogP contribution in [0.15, 0.2) is 85.1 Å². The van der Waals surface area contributed by atoms with Crippen molar-refractivity contribution < 1.29 is 9.59 Å². The zero-order valence-corrected chi connectivity index (χ0v) is 17.9. The van der Waals surface area contributed by atoms with Crippen LogP contribution in [0.3, 0.4) is 0 Å². The van der Waals surface area contributed by atoms with Crippen LogP contribution < -0.4 is 10.6 Å². The lowest BCUT2D eigenvalue weighted by Gasteiger charge is -2.14. The molecule has 0 spiro atoms. The predicted octanol–water partition coefficient (Wildman–Crippen LogP) is 4.85. The molecule has 3 N–H and O–H groups in total. The van der Waals surface area contributed by atoms with E-state index < -0.39 is 0 Å². The minimum absolute atomic E-state index is 0.161. The Bertz CT molecular complexity index is 1480. The van der Waals surface area contributed by atoms with E-state index in [1.807, 2.05) is 67.6 Å². The maximum atomic E-state index is 13.0. The van der Waals surface area contributed by atoms with Gasteiger partial charge in [-0.3, -0.25) is 19.9 Å². The quantitative estimate of drug-likeness (QED) is 0.367. The van der Waals surface area contributed by atoms with Gasteiger partial charge in [-0.25, -0.2) is 4.98 Å². The van der Waals surface area contributed by atoms with Crippen molar-refractivity contribution in [3.63, 3.8) is 0 Å². The van der Waals surface area contributed by atoms with Gasteiger partial charge in [0.25, 0.3) is 11.8 Å². The summed E-state index contributed by atoms with van der Waals surface area (Å²) in [6.07, 6.45) is 1.67. The van der Waals surface area contributed by atoms with Crippen molar-refractivity contribution in [2.24, 2.45) is 0 Å². The zero-order valence-electron chi connectivity index (χ0n) is 17.9. The van der Waals surface area contributed by atoms with Crippen molar-refractivity contribution in [3.8, 4) is 0 Å². The molecule has 162 valence electrons. The number of imidazole rings is 1. The summed E-state index contributed by atoms with van der Waals surface area (Å²) >= 11 is 0. The molecule has 7 nitrogen and oxygen atoms in total. The number of hydrogen-bond donors (Lipinski definition) is 3. The van der Waals surface area contributed by atoms with E-state index in [-0.39, 0.29) is 29.5 Å². The lowest BCUT2D eigenvalue weighted by molar-refractivity contribution is 0.0940. The Kier molecular flexibility index (Phi) is 5.28. The molecule has 0 unspecified atom stereocenters. The second-order valence-corrected chi connectivity index (χ2v) is 7.76. The number of fused-ring (bicyclic) bond motifs is 2. The molecule has 33 heavy (non-hydrogen) atoms. The molecule has 2 aromatic heterocycles. The summed E-state index contributed by atoms with van der Waals surface area (Å²) in [5, 5.41) is 7.63. The third-order valence-corrected chi connectivity index (χ3v) is 5.50. The number of carbonyl (C=O) groups excluding carboxylic acids is 2. The van der Waals surface area contributed by atoms with Crippen LogP contribution in [0.5, 0.6) is 0 Å². The highest BCUT2D eigenvalue weighted by molar-refractivity contribution is 6.07. The van der Waals surface area contributed by atoms with E-state index in [1.165, 1.54) is 0 Å². The van der Waals surface area contributed by atoms with Crippen LogP contribution in [0.2, 0.25) is 0 Å². The molecule has 5 rings (SSSR count). The average Bonchev–Trinajstić information content (AvgIpc) is 3.26. The molecule has 2 heterocycles. The SMILES string of the molecule is C[C@H](NC(=O)c1cccc2[nH]c(NC(=O)c3cc4ccccc4cn3)nc12)c1ccccc1. The van der Waals surface area contributed by atoms with Gasteiger partial charge in [-0.1, -0.05) is 60.7 Å². The molecule has 3 aromatic carbocycles. The van der Waals surface area contributed by atoms with Gasteiger partial charge in [0.1, 0.15) is 11.2 Å². The number of amides is 2. The first-order chi connectivity index (χ1) is 16.1. The highest BCUT2D eigenvalue weighted by Crippen LogP contribution is 2.21. The molecule has 0 radical (unpaired) electrons. The van der Waals surface area contributed by atoms with Crippen LogP contribution in [0, 0.1) is 0 Å². The largest absolute Gasteiger partial charge is 0.345 e. The number of nitrogens with zero attached hydrogens (tertiary/aromatic N) is 2. The summed E-state index contributed by atoms with van der Waals surface area (Å²) in [6, 6.07) is 24.3. The number of benzene rings is 3. The number of aromatic nitrogens is 3. The van der Waals surface area contributed by atoms with Gasteiger partial charge < -0.3 is 10.3 Å². The van der Waals surface area contributed by atoms with Gasteiger partial charge in [0, 0.05) is 11.6 Å². The summed E-state index contributed by atoms with van der Waals surface area (Å²) < 4.78 is 0. The number of nitrogens with one attached hydrogen (secondary N) is 3. The molecular weight excluding hydrogens is 414 g/mol. The number of rotatable bonds is 5. The Balaban J connectivity index is 1.37. The molecule has 0 fully saturated rings. The molecular formula is C26H21N5O2. The number of hydrogen-bond acceptors (Lipinski definition) is 4. The topological polar surface area (TPSA) is 99.8 Å². The van der Waals surface area contributed by atoms with Crippen molar-refractivity contribution in [1.82, 2.24) is 20.3 Å². The summed E-state index contributed by atoms with van der Waals surface area (Å²) in [5.41, 5.74) is 2.85. The fourth-order valence-corrected chi connectivity index (χ4v) is 3.75. The van der Waals surface area contributed by atoms with E-state index in [0.717, 1.165) is 16.3 Å². The van der Waals surface area contributed by atoms with Crippen molar-refractivity contribution in [3.05, 3.63) is 102 Å². The van der Waals surface area contributed by atoms with E-state index in [4.69, 9.17) is 0 Å². The maximum Gasteiger partial charge on any atom is 0.276 e. The van der Waals surface area contributed by atoms with Crippen molar-refractivity contribution >= 4 is 39.6 Å². The van der Waals surface area contributed by atoms with E-state index in [2.05, 4.69) is 25.6 Å². The van der Waals surface area contributed by atoms with Gasteiger partial charge in [0.05, 0.1) is 17.1 Å². The number of para-hydroxylation sites is 1. The summed E-state index contributed by atoms with van der Waals surface area (Å²) in [4.78, 5) is 37.5. The standard InChI is InChI=1S/C26H21N5O2/c1-16(17-8-3-2-4-9-17)28-24(32)20-12-7-13-21-23(20)30-26(29-21)31-25(33)22-14-18-10-5-6-11-19(18)15-27-22/h2-16H,1H3,(H,28,32)(H2,29,30,31,33)/t16-/m0/s1. The molecule has 0 saturated heterocycles. The van der Waals surface area contributed by atoms with Crippen LogP contribution in [-0.2, 0) is 0 Å². The van der Waals surface area contributed by atoms with E-state index >= 15 is 0 Å². The smallest absolute Gasteiger partial charge is 0.276 e. The second-order valence-electron chi connectivity index (χ2n) is 7.76. The molecule has 7 heteroatoms. The summed E-state index contributed by atoms with van der Waals surface area (Å²) in [7, 11) is 0. The summed E-state index contributed by atoms with van der Waals surface area (Å²) in [5.74, 6) is -0.373. The lowest BCUT2D eigenvalue weighted by Crippen LogP contribution is -2.26. The Morgan fingerprint density at radius 3 is 2.45 bits per heavy atom. The first kappa shape index (κ1) is 20.4. The first-order valence-electron chi connectivity index (χ1n) is 10.6. The maximum absolute atomic E-state index is 13.0. The van der Waals surface area contributed by atoms with Crippen LogP contribution in [0.4, 0.5) is 5.95 Å². The number of aromatic amines is 1. The lowest BCUT2D eigenvalue weighted by atomic mass is 10.1. The highest BCUT2D eigenvalue weighted by Gasteiger charge is 2.18. The third kappa shape index (κ3) is 4.16. The molecule has 1 atom stereocenters. The van der Waals surface area contributed by atoms with Crippen LogP contribution >= 0.6 is 0 Å². The molecule has 0 saturated carbocycles. The number of carbonyl (C=O) groups is 2. The first-order valence-corrected chi connectivity index (χ1v) is 10.6. The van der Waals surface area contributed by atoms with E-state index in [1.54, 1.807) is 24.4 Å². The van der Waals surface area contributed by atoms with Gasteiger partial charge in [-0.2, -0.15) is 0 Å². The zero-order chi connectivity index (χ0) is 22.8. The Labute approximate surface area is 189 Å². The molecule has 0 aliphatic rings. The molecule has 5 aromatic rings. The minimum atomic E-state index is -0.386. The van der Waals surface area contributed by atoms with Crippen LogP contribution in [0.25, 0.3) is 21.8 Å². The number of pyridine rings is 1. The predicted molar refractivity (Wildman–Crippen MR) is 128 cm³/mol. The van der Waals surface area contributed by atoms with Crippen LogP contribution in [0.1, 0.15) is 39.4 Å². The van der Waals surface area contributed by atoms with Crippen molar-refractivity contribution in [2.75, 3.05) is 5.32 Å². The molecule has 0 aliphatic carbocycles.